The number of nitrogens with zero attached hydrogens (tertiary/aromatic N) is 1. The number of anilines is 1. The molecule has 2 aromatic carbocycles. The molecule has 0 amide bonds. The molecule has 0 saturated carbocycles. The van der Waals surface area contributed by atoms with E-state index in [9.17, 15) is 26.3 Å². The molecule has 1 heterocycles. The van der Waals surface area contributed by atoms with Crippen molar-refractivity contribution in [3.63, 3.8) is 0 Å². The maximum atomic E-state index is 13.6. The molecule has 0 saturated heterocycles. The Kier molecular flexibility index (Phi) is 3.97. The van der Waals surface area contributed by atoms with E-state index in [4.69, 9.17) is 0 Å². The van der Waals surface area contributed by atoms with E-state index >= 15 is 0 Å². The van der Waals surface area contributed by atoms with Gasteiger partial charge in [-0.15, -0.1) is 0 Å². The summed E-state index contributed by atoms with van der Waals surface area (Å²) in [5.74, 6) is 0. The fourth-order valence-electron chi connectivity index (χ4n) is 3.06. The molecule has 1 aliphatic heterocycles. The van der Waals surface area contributed by atoms with Crippen LogP contribution in [0.3, 0.4) is 0 Å². The van der Waals surface area contributed by atoms with Gasteiger partial charge in [0.05, 0.1) is 5.56 Å². The van der Waals surface area contributed by atoms with Gasteiger partial charge in [-0.05, 0) is 35.7 Å². The van der Waals surface area contributed by atoms with E-state index in [0.29, 0.717) is 12.0 Å². The molecule has 24 heavy (non-hydrogen) atoms. The maximum absolute atomic E-state index is 13.6. The molecule has 0 N–H and O–H groups in total. The van der Waals surface area contributed by atoms with Gasteiger partial charge in [0, 0.05) is 12.2 Å². The number of alkyl halides is 6. The zero-order chi connectivity index (χ0) is 17.5. The van der Waals surface area contributed by atoms with Crippen LogP contribution in [0.2, 0.25) is 0 Å². The van der Waals surface area contributed by atoms with E-state index in [0.717, 1.165) is 23.1 Å². The first-order valence-electron chi connectivity index (χ1n) is 7.26. The molecule has 0 bridgehead atoms. The number of halogens is 6. The van der Waals surface area contributed by atoms with Crippen LogP contribution in [0.25, 0.3) is 0 Å². The highest BCUT2D eigenvalue weighted by molar-refractivity contribution is 5.54. The Morgan fingerprint density at radius 2 is 1.58 bits per heavy atom. The monoisotopic (exact) mass is 345 g/mol. The SMILES string of the molecule is FC(F)(F)c1cccc(N2CCc3ccccc3C2C(F)(F)F)c1. The molecule has 1 atom stereocenters. The number of fused-ring (bicyclic) bond motifs is 1. The lowest BCUT2D eigenvalue weighted by molar-refractivity contribution is -0.151. The first-order chi connectivity index (χ1) is 11.2. The Morgan fingerprint density at radius 3 is 2.25 bits per heavy atom. The van der Waals surface area contributed by atoms with Crippen molar-refractivity contribution in [2.75, 3.05) is 11.4 Å². The van der Waals surface area contributed by atoms with Crippen LogP contribution < -0.4 is 4.90 Å². The summed E-state index contributed by atoms with van der Waals surface area (Å²) in [6.45, 7) is 0.00248. The van der Waals surface area contributed by atoms with Gasteiger partial charge in [-0.1, -0.05) is 30.3 Å². The average molecular weight is 345 g/mol. The molecule has 1 aliphatic rings. The van der Waals surface area contributed by atoms with E-state index in [1.807, 2.05) is 0 Å². The zero-order valence-electron chi connectivity index (χ0n) is 12.3. The van der Waals surface area contributed by atoms with Gasteiger partial charge in [-0.3, -0.25) is 0 Å². The minimum absolute atomic E-state index is 0.00248. The molecule has 0 fully saturated rings. The average Bonchev–Trinajstić information content (AvgIpc) is 2.52. The Balaban J connectivity index is 2.08. The first kappa shape index (κ1) is 16.7. The molecular weight excluding hydrogens is 332 g/mol. The normalized spacial score (nSPS) is 18.4. The standard InChI is InChI=1S/C17H13F6N/c18-16(19,20)12-5-3-6-13(10-12)24-9-8-11-4-1-2-7-14(11)15(24)17(21,22)23/h1-7,10,15H,8-9H2. The van der Waals surface area contributed by atoms with Gasteiger partial charge in [-0.2, -0.15) is 26.3 Å². The Labute approximate surface area is 134 Å². The van der Waals surface area contributed by atoms with Crippen LogP contribution in [0, 0.1) is 0 Å². The van der Waals surface area contributed by atoms with Gasteiger partial charge in [0.25, 0.3) is 0 Å². The Bertz CT molecular complexity index is 734. The molecule has 7 heteroatoms. The number of hydrogen-bond donors (Lipinski definition) is 0. The molecule has 128 valence electrons. The lowest BCUT2D eigenvalue weighted by Gasteiger charge is -2.40. The van der Waals surface area contributed by atoms with Crippen molar-refractivity contribution in [2.24, 2.45) is 0 Å². The van der Waals surface area contributed by atoms with E-state index in [1.165, 1.54) is 18.2 Å². The fraction of sp³-hybridized carbons (Fsp3) is 0.294. The summed E-state index contributed by atoms with van der Waals surface area (Å²) in [7, 11) is 0. The van der Waals surface area contributed by atoms with Crippen molar-refractivity contribution in [1.29, 1.82) is 0 Å². The summed E-state index contributed by atoms with van der Waals surface area (Å²) in [5.41, 5.74) is -0.377. The maximum Gasteiger partial charge on any atom is 0.416 e. The highest BCUT2D eigenvalue weighted by atomic mass is 19.4. The minimum Gasteiger partial charge on any atom is -0.356 e. The number of hydrogen-bond acceptors (Lipinski definition) is 1. The lowest BCUT2D eigenvalue weighted by Crippen LogP contribution is -2.43. The van der Waals surface area contributed by atoms with E-state index in [1.54, 1.807) is 12.1 Å². The van der Waals surface area contributed by atoms with Crippen molar-refractivity contribution in [1.82, 2.24) is 0 Å². The highest BCUT2D eigenvalue weighted by Gasteiger charge is 2.47. The van der Waals surface area contributed by atoms with Crippen molar-refractivity contribution in [3.8, 4) is 0 Å². The van der Waals surface area contributed by atoms with E-state index in [-0.39, 0.29) is 17.8 Å². The third kappa shape index (κ3) is 3.07. The third-order valence-corrected chi connectivity index (χ3v) is 4.10. The second-order valence-corrected chi connectivity index (χ2v) is 5.63. The molecule has 0 aliphatic carbocycles. The molecular formula is C17H13F6N. The first-order valence-corrected chi connectivity index (χ1v) is 7.26. The van der Waals surface area contributed by atoms with Crippen molar-refractivity contribution in [3.05, 3.63) is 65.2 Å². The second-order valence-electron chi connectivity index (χ2n) is 5.63. The molecule has 0 spiro atoms. The fourth-order valence-corrected chi connectivity index (χ4v) is 3.06. The predicted octanol–water partition coefficient (Wildman–Crippen LogP) is 5.37. The highest BCUT2D eigenvalue weighted by Crippen LogP contribution is 2.44. The van der Waals surface area contributed by atoms with Crippen LogP contribution in [-0.2, 0) is 12.6 Å². The molecule has 0 radical (unpaired) electrons. The van der Waals surface area contributed by atoms with Gasteiger partial charge >= 0.3 is 12.4 Å². The summed E-state index contributed by atoms with van der Waals surface area (Å²) in [6, 6.07) is 8.25. The van der Waals surface area contributed by atoms with Gasteiger partial charge in [0.15, 0.2) is 6.04 Å². The van der Waals surface area contributed by atoms with Gasteiger partial charge in [-0.25, -0.2) is 0 Å². The zero-order valence-corrected chi connectivity index (χ0v) is 12.3. The lowest BCUT2D eigenvalue weighted by atomic mass is 9.91. The second kappa shape index (κ2) is 5.72. The van der Waals surface area contributed by atoms with Crippen LogP contribution in [0.4, 0.5) is 32.0 Å². The van der Waals surface area contributed by atoms with Gasteiger partial charge in [0.1, 0.15) is 0 Å². The van der Waals surface area contributed by atoms with Crippen LogP contribution in [-0.4, -0.2) is 12.7 Å². The summed E-state index contributed by atoms with van der Waals surface area (Å²) >= 11 is 0. The quantitative estimate of drug-likeness (QED) is 0.628. The Hall–Kier alpha value is -2.18. The number of benzene rings is 2. The molecule has 2 aromatic rings. The Morgan fingerprint density at radius 1 is 0.875 bits per heavy atom. The molecule has 1 nitrogen and oxygen atoms in total. The van der Waals surface area contributed by atoms with Crippen LogP contribution in [0.1, 0.15) is 22.7 Å². The van der Waals surface area contributed by atoms with Crippen molar-refractivity contribution >= 4 is 5.69 Å². The van der Waals surface area contributed by atoms with Crippen molar-refractivity contribution in [2.45, 2.75) is 24.8 Å². The summed E-state index contributed by atoms with van der Waals surface area (Å²) in [6.07, 6.45) is -8.85. The molecule has 0 aromatic heterocycles. The van der Waals surface area contributed by atoms with Crippen LogP contribution in [0.5, 0.6) is 0 Å². The topological polar surface area (TPSA) is 3.24 Å². The van der Waals surface area contributed by atoms with Crippen LogP contribution in [0.15, 0.2) is 48.5 Å². The molecule has 1 unspecified atom stereocenters. The van der Waals surface area contributed by atoms with E-state index < -0.39 is 24.0 Å². The van der Waals surface area contributed by atoms with Crippen molar-refractivity contribution < 1.29 is 26.3 Å². The summed E-state index contributed by atoms with van der Waals surface area (Å²) in [4.78, 5) is 0.998. The largest absolute Gasteiger partial charge is 0.416 e. The van der Waals surface area contributed by atoms with Gasteiger partial charge < -0.3 is 4.90 Å². The van der Waals surface area contributed by atoms with Crippen LogP contribution >= 0.6 is 0 Å². The summed E-state index contributed by atoms with van der Waals surface area (Å²) in [5, 5.41) is 0. The van der Waals surface area contributed by atoms with E-state index in [2.05, 4.69) is 0 Å². The van der Waals surface area contributed by atoms with Gasteiger partial charge in [0.2, 0.25) is 0 Å². The minimum atomic E-state index is -4.60. The third-order valence-electron chi connectivity index (χ3n) is 4.10. The number of rotatable bonds is 1. The summed E-state index contributed by atoms with van der Waals surface area (Å²) < 4.78 is 79.5. The smallest absolute Gasteiger partial charge is 0.356 e. The predicted molar refractivity (Wildman–Crippen MR) is 77.7 cm³/mol. The molecule has 3 rings (SSSR count).